The van der Waals surface area contributed by atoms with Crippen molar-refractivity contribution in [2.24, 2.45) is 0 Å². The van der Waals surface area contributed by atoms with Gasteiger partial charge < -0.3 is 19.2 Å². The zero-order chi connectivity index (χ0) is 19.3. The third-order valence-electron chi connectivity index (χ3n) is 5.19. The second-order valence-electron chi connectivity index (χ2n) is 7.19. The highest BCUT2D eigenvalue weighted by atomic mass is 32.2. The maximum Gasteiger partial charge on any atom is 0.470 e. The fourth-order valence-electron chi connectivity index (χ4n) is 3.60. The van der Waals surface area contributed by atoms with Crippen molar-refractivity contribution in [2.75, 3.05) is 13.2 Å². The highest BCUT2D eigenvalue weighted by Gasteiger charge is 2.25. The van der Waals surface area contributed by atoms with Crippen LogP contribution < -0.4 is 4.72 Å². The van der Waals surface area contributed by atoms with Crippen LogP contribution in [0.25, 0.3) is 11.0 Å². The molecule has 1 aliphatic rings. The summed E-state index contributed by atoms with van der Waals surface area (Å²) >= 11 is 1.49. The van der Waals surface area contributed by atoms with Gasteiger partial charge in [-0.3, -0.25) is 4.72 Å². The highest BCUT2D eigenvalue weighted by Crippen LogP contribution is 2.27. The fraction of sp³-hybridized carbons (Fsp3) is 0.333. The molecule has 1 fully saturated rings. The summed E-state index contributed by atoms with van der Waals surface area (Å²) in [6.45, 7) is 1.64. The molecule has 0 spiro atoms. The van der Waals surface area contributed by atoms with Crippen LogP contribution in [0.3, 0.4) is 0 Å². The number of fused-ring (bicyclic) bond motifs is 1. The molecule has 0 radical (unpaired) electrons. The number of benzene rings is 2. The molecule has 3 N–H and O–H groups in total. The molecule has 4 rings (SSSR count). The van der Waals surface area contributed by atoms with Gasteiger partial charge in [-0.2, -0.15) is 0 Å². The minimum Gasteiger partial charge on any atom is -0.464 e. The van der Waals surface area contributed by atoms with Gasteiger partial charge in [-0.15, -0.1) is 0 Å². The van der Waals surface area contributed by atoms with Crippen molar-refractivity contribution < 1.29 is 19.2 Å². The van der Waals surface area contributed by atoms with Gasteiger partial charge in [0.15, 0.2) is 0 Å². The van der Waals surface area contributed by atoms with Crippen molar-refractivity contribution in [2.45, 2.75) is 30.5 Å². The van der Waals surface area contributed by atoms with Gasteiger partial charge in [0, 0.05) is 23.7 Å². The summed E-state index contributed by atoms with van der Waals surface area (Å²) in [6, 6.07) is 16.3. The van der Waals surface area contributed by atoms with Gasteiger partial charge in [-0.05, 0) is 35.6 Å². The number of para-hydroxylation sites is 1. The monoisotopic (exact) mass is 397 g/mol. The lowest BCUT2D eigenvalue weighted by Gasteiger charge is -2.17. The van der Waals surface area contributed by atoms with Gasteiger partial charge in [0.2, 0.25) is 0 Å². The van der Waals surface area contributed by atoms with E-state index >= 15 is 0 Å². The molecule has 3 aromatic rings. The van der Waals surface area contributed by atoms with Crippen LogP contribution in [0, 0.1) is 0 Å². The largest absolute Gasteiger partial charge is 0.470 e. The Bertz CT molecular complexity index is 910. The van der Waals surface area contributed by atoms with Gasteiger partial charge in [-0.25, -0.2) is 0 Å². The first kappa shape index (κ1) is 19.5. The van der Waals surface area contributed by atoms with E-state index < -0.39 is 13.1 Å². The molecule has 0 saturated carbocycles. The fourth-order valence-corrected chi connectivity index (χ4v) is 4.45. The van der Waals surface area contributed by atoms with Crippen LogP contribution >= 0.6 is 11.9 Å². The summed E-state index contributed by atoms with van der Waals surface area (Å²) in [6.07, 6.45) is 3.24. The molecule has 2 aromatic carbocycles. The number of hydrogen-bond acceptors (Lipinski definition) is 6. The summed E-state index contributed by atoms with van der Waals surface area (Å²) in [5, 5.41) is 20.6. The van der Waals surface area contributed by atoms with Gasteiger partial charge in [0.25, 0.3) is 0 Å². The molecule has 28 heavy (non-hydrogen) atoms. The first-order chi connectivity index (χ1) is 13.7. The maximum atomic E-state index is 9.80. The molecule has 0 aliphatic carbocycles. The van der Waals surface area contributed by atoms with E-state index in [4.69, 9.17) is 9.15 Å². The van der Waals surface area contributed by atoms with Gasteiger partial charge >= 0.3 is 7.12 Å². The van der Waals surface area contributed by atoms with Crippen LogP contribution in [-0.4, -0.2) is 36.3 Å². The third kappa shape index (κ3) is 4.62. The van der Waals surface area contributed by atoms with E-state index in [1.165, 1.54) is 23.1 Å². The van der Waals surface area contributed by atoms with Crippen LogP contribution in [0.2, 0.25) is 0 Å². The number of ether oxygens (including phenoxy) is 1. The molecular weight excluding hydrogens is 373 g/mol. The van der Waals surface area contributed by atoms with Gasteiger partial charge in [0.1, 0.15) is 5.58 Å². The molecule has 1 aromatic heterocycles. The zero-order valence-corrected chi connectivity index (χ0v) is 16.4. The Hall–Kier alpha value is -1.77. The van der Waals surface area contributed by atoms with Crippen molar-refractivity contribution >= 4 is 30.0 Å². The van der Waals surface area contributed by atoms with E-state index in [2.05, 4.69) is 29.0 Å². The highest BCUT2D eigenvalue weighted by molar-refractivity contribution is 7.96. The van der Waals surface area contributed by atoms with E-state index in [1.54, 1.807) is 6.26 Å². The summed E-state index contributed by atoms with van der Waals surface area (Å²) in [7, 11) is -1.46. The molecular formula is C21H24BNO4S. The van der Waals surface area contributed by atoms with Gasteiger partial charge in [0.05, 0.1) is 18.8 Å². The van der Waals surface area contributed by atoms with E-state index in [9.17, 15) is 10.0 Å². The number of furan rings is 1. The number of rotatable bonds is 8. The molecule has 2 atom stereocenters. The Morgan fingerprint density at radius 2 is 2.07 bits per heavy atom. The second-order valence-corrected chi connectivity index (χ2v) is 8.01. The van der Waals surface area contributed by atoms with Crippen LogP contribution in [0.1, 0.15) is 29.0 Å². The summed E-state index contributed by atoms with van der Waals surface area (Å²) < 4.78 is 14.3. The quantitative estimate of drug-likeness (QED) is 0.400. The number of nitrogens with one attached hydrogen (secondary N) is 1. The predicted octanol–water partition coefficient (Wildman–Crippen LogP) is 3.30. The molecule has 5 nitrogen and oxygen atoms in total. The predicted molar refractivity (Wildman–Crippen MR) is 113 cm³/mol. The van der Waals surface area contributed by atoms with Crippen LogP contribution in [-0.2, 0) is 16.9 Å². The molecule has 0 bridgehead atoms. The Balaban J connectivity index is 1.36. The first-order valence-electron chi connectivity index (χ1n) is 9.56. The van der Waals surface area contributed by atoms with Crippen molar-refractivity contribution in [3.8, 4) is 0 Å². The lowest BCUT2D eigenvalue weighted by atomic mass is 9.77. The molecule has 146 valence electrons. The second kappa shape index (κ2) is 9.16. The average Bonchev–Trinajstić information content (AvgIpc) is 3.38. The topological polar surface area (TPSA) is 74.9 Å². The van der Waals surface area contributed by atoms with E-state index in [0.29, 0.717) is 12.3 Å². The lowest BCUT2D eigenvalue weighted by Crippen LogP contribution is -2.42. The van der Waals surface area contributed by atoms with Gasteiger partial charge in [-0.1, -0.05) is 54.4 Å². The van der Waals surface area contributed by atoms with E-state index in [1.807, 2.05) is 24.3 Å². The molecule has 0 amide bonds. The SMILES string of the molecule is OB(O)C(Cc1coc2ccccc12)NSCc1cccc(C2CCOC2)c1. The molecule has 1 saturated heterocycles. The summed E-state index contributed by atoms with van der Waals surface area (Å²) in [4.78, 5) is 0. The van der Waals surface area contributed by atoms with Crippen LogP contribution in [0.15, 0.2) is 59.2 Å². The smallest absolute Gasteiger partial charge is 0.464 e. The Labute approximate surface area is 169 Å². The van der Waals surface area contributed by atoms with Crippen LogP contribution in [0.4, 0.5) is 0 Å². The Morgan fingerprint density at radius 1 is 1.18 bits per heavy atom. The standard InChI is InChI=1S/C21H24BNO4S/c24-22(25)21(11-18-13-27-20-7-2-1-6-19(18)20)23-28-14-15-4-3-5-16(10-15)17-8-9-26-12-17/h1-7,10,13,17,21,23-25H,8-9,11-12,14H2. The van der Waals surface area contributed by atoms with Crippen molar-refractivity contribution in [1.29, 1.82) is 0 Å². The van der Waals surface area contributed by atoms with E-state index in [-0.39, 0.29) is 0 Å². The average molecular weight is 397 g/mol. The molecule has 2 unspecified atom stereocenters. The zero-order valence-electron chi connectivity index (χ0n) is 15.6. The minimum absolute atomic E-state index is 0.473. The lowest BCUT2D eigenvalue weighted by molar-refractivity contribution is 0.194. The Morgan fingerprint density at radius 3 is 2.89 bits per heavy atom. The van der Waals surface area contributed by atoms with Crippen LogP contribution in [0.5, 0.6) is 0 Å². The minimum atomic E-state index is -1.46. The molecule has 1 aliphatic heterocycles. The van der Waals surface area contributed by atoms with Crippen molar-refractivity contribution in [3.05, 3.63) is 71.5 Å². The number of hydrogen-bond donors (Lipinski definition) is 3. The molecule has 7 heteroatoms. The summed E-state index contributed by atoms with van der Waals surface area (Å²) in [5.41, 5.74) is 4.30. The first-order valence-corrected chi connectivity index (χ1v) is 10.5. The Kier molecular flexibility index (Phi) is 6.39. The molecule has 2 heterocycles. The van der Waals surface area contributed by atoms with Crippen molar-refractivity contribution in [3.63, 3.8) is 0 Å². The normalized spacial score (nSPS) is 17.9. The maximum absolute atomic E-state index is 9.80. The summed E-state index contributed by atoms with van der Waals surface area (Å²) in [5.74, 6) is 0.744. The third-order valence-corrected chi connectivity index (χ3v) is 6.13. The van der Waals surface area contributed by atoms with Crippen molar-refractivity contribution in [1.82, 2.24) is 4.72 Å². The van der Waals surface area contributed by atoms with E-state index in [0.717, 1.165) is 41.9 Å².